The first-order valence-corrected chi connectivity index (χ1v) is 11.9. The molecular weight excluding hydrogens is 434 g/mol. The molecule has 4 rings (SSSR count). The first kappa shape index (κ1) is 22.2. The van der Waals surface area contributed by atoms with Crippen molar-refractivity contribution in [1.29, 1.82) is 0 Å². The van der Waals surface area contributed by atoms with E-state index < -0.39 is 10.0 Å². The van der Waals surface area contributed by atoms with Gasteiger partial charge in [0, 0.05) is 24.5 Å². The summed E-state index contributed by atoms with van der Waals surface area (Å²) in [5, 5.41) is 2.81. The Kier molecular flexibility index (Phi) is 6.80. The molecule has 1 heterocycles. The topological polar surface area (TPSA) is 79.4 Å². The second-order valence-electron chi connectivity index (χ2n) is 7.40. The van der Waals surface area contributed by atoms with Crippen LogP contribution in [0.1, 0.15) is 21.5 Å². The normalized spacial score (nSPS) is 11.0. The summed E-state index contributed by atoms with van der Waals surface area (Å²) in [6.45, 7) is 0.471. The lowest BCUT2D eigenvalue weighted by atomic mass is 10.2. The summed E-state index contributed by atoms with van der Waals surface area (Å²) in [5.74, 6) is -0.356. The van der Waals surface area contributed by atoms with E-state index in [0.29, 0.717) is 12.2 Å². The molecule has 1 amide bonds. The molecule has 3 aromatic carbocycles. The molecule has 1 N–H and O–H groups in total. The number of pyridine rings is 1. The lowest BCUT2D eigenvalue weighted by Gasteiger charge is -2.25. The quantitative estimate of drug-likeness (QED) is 0.425. The van der Waals surface area contributed by atoms with Gasteiger partial charge in [-0.3, -0.25) is 14.1 Å². The molecule has 0 saturated carbocycles. The number of nitrogens with zero attached hydrogens (tertiary/aromatic N) is 2. The molecule has 0 radical (unpaired) electrons. The first-order valence-electron chi connectivity index (χ1n) is 10.4. The fourth-order valence-corrected chi connectivity index (χ4v) is 4.87. The van der Waals surface area contributed by atoms with Gasteiger partial charge in [0.1, 0.15) is 0 Å². The fraction of sp³-hybridized carbons (Fsp3) is 0.0769. The number of carbonyl (C=O) groups excluding carboxylic acids is 1. The van der Waals surface area contributed by atoms with Crippen LogP contribution < -0.4 is 9.62 Å². The molecule has 6 nitrogen and oxygen atoms in total. The number of carbonyl (C=O) groups is 1. The van der Waals surface area contributed by atoms with Gasteiger partial charge in [0.15, 0.2) is 0 Å². The minimum absolute atomic E-state index is 0.0521. The molecule has 1 aromatic heterocycles. The molecule has 0 aliphatic rings. The first-order chi connectivity index (χ1) is 16.0. The Balaban J connectivity index is 1.62. The third-order valence-electron chi connectivity index (χ3n) is 5.07. The van der Waals surface area contributed by atoms with Crippen LogP contribution in [-0.4, -0.2) is 19.3 Å². The molecule has 0 saturated heterocycles. The van der Waals surface area contributed by atoms with E-state index in [0.717, 1.165) is 11.1 Å². The van der Waals surface area contributed by atoms with Crippen LogP contribution in [0.3, 0.4) is 0 Å². The molecule has 0 spiro atoms. The van der Waals surface area contributed by atoms with E-state index in [1.165, 1.54) is 16.4 Å². The molecule has 0 atom stereocenters. The molecule has 0 bridgehead atoms. The summed E-state index contributed by atoms with van der Waals surface area (Å²) in [7, 11) is -3.93. The number of amides is 1. The summed E-state index contributed by atoms with van der Waals surface area (Å²) in [6.07, 6.45) is 3.33. The van der Waals surface area contributed by atoms with E-state index in [4.69, 9.17) is 0 Å². The summed E-state index contributed by atoms with van der Waals surface area (Å²) >= 11 is 0. The Labute approximate surface area is 193 Å². The molecule has 4 aromatic rings. The maximum absolute atomic E-state index is 13.7. The smallest absolute Gasteiger partial charge is 0.264 e. The number of anilines is 1. The minimum Gasteiger partial charge on any atom is -0.348 e. The summed E-state index contributed by atoms with van der Waals surface area (Å²) in [4.78, 5) is 16.8. The standard InChI is InChI=1S/C26H23N3O3S/c30-26(28-19-22-11-8-16-27-18-22)23-12-7-15-25(17-23)33(31,32)29(24-13-5-2-6-14-24)20-21-9-3-1-4-10-21/h1-18H,19-20H2,(H,28,30). The zero-order valence-corrected chi connectivity index (χ0v) is 18.7. The zero-order chi connectivity index (χ0) is 23.1. The van der Waals surface area contributed by atoms with Crippen LogP contribution in [-0.2, 0) is 23.1 Å². The van der Waals surface area contributed by atoms with Crippen LogP contribution in [0.25, 0.3) is 0 Å². The molecule has 7 heteroatoms. The van der Waals surface area contributed by atoms with Crippen molar-refractivity contribution in [3.05, 3.63) is 126 Å². The van der Waals surface area contributed by atoms with Crippen LogP contribution in [0.4, 0.5) is 5.69 Å². The highest BCUT2D eigenvalue weighted by atomic mass is 32.2. The third kappa shape index (κ3) is 5.45. The second-order valence-corrected chi connectivity index (χ2v) is 9.27. The van der Waals surface area contributed by atoms with Crippen molar-refractivity contribution >= 4 is 21.6 Å². The van der Waals surface area contributed by atoms with E-state index in [-0.39, 0.29) is 22.9 Å². The average Bonchev–Trinajstić information content (AvgIpc) is 2.87. The Bertz CT molecular complexity index is 1310. The van der Waals surface area contributed by atoms with Crippen molar-refractivity contribution < 1.29 is 13.2 Å². The number of hydrogen-bond donors (Lipinski definition) is 1. The van der Waals surface area contributed by atoms with Gasteiger partial charge in [-0.1, -0.05) is 60.7 Å². The molecule has 0 unspecified atom stereocenters. The van der Waals surface area contributed by atoms with Gasteiger partial charge in [-0.15, -0.1) is 0 Å². The molecule has 0 aliphatic heterocycles. The van der Waals surface area contributed by atoms with Crippen molar-refractivity contribution in [3.8, 4) is 0 Å². The van der Waals surface area contributed by atoms with E-state index in [2.05, 4.69) is 10.3 Å². The lowest BCUT2D eigenvalue weighted by molar-refractivity contribution is 0.0950. The van der Waals surface area contributed by atoms with Gasteiger partial charge < -0.3 is 5.32 Å². The van der Waals surface area contributed by atoms with Gasteiger partial charge in [0.05, 0.1) is 17.1 Å². The monoisotopic (exact) mass is 457 g/mol. The lowest BCUT2D eigenvalue weighted by Crippen LogP contribution is -2.31. The average molecular weight is 458 g/mol. The predicted molar refractivity (Wildman–Crippen MR) is 128 cm³/mol. The third-order valence-corrected chi connectivity index (χ3v) is 6.84. The summed E-state index contributed by atoms with van der Waals surface area (Å²) in [5.41, 5.74) is 2.53. The van der Waals surface area contributed by atoms with E-state index in [9.17, 15) is 13.2 Å². The van der Waals surface area contributed by atoms with Gasteiger partial charge in [-0.2, -0.15) is 0 Å². The van der Waals surface area contributed by atoms with Gasteiger partial charge in [-0.25, -0.2) is 8.42 Å². The number of aromatic nitrogens is 1. The van der Waals surface area contributed by atoms with Crippen LogP contribution in [0.15, 0.2) is 114 Å². The minimum atomic E-state index is -3.93. The molecule has 0 aliphatic carbocycles. The summed E-state index contributed by atoms with van der Waals surface area (Å²) in [6, 6.07) is 28.1. The van der Waals surface area contributed by atoms with Crippen LogP contribution in [0.5, 0.6) is 0 Å². The predicted octanol–water partition coefficient (Wildman–Crippen LogP) is 4.41. The number of sulfonamides is 1. The number of rotatable bonds is 8. The van der Waals surface area contributed by atoms with Crippen molar-refractivity contribution in [2.75, 3.05) is 4.31 Å². The van der Waals surface area contributed by atoms with Crippen LogP contribution in [0.2, 0.25) is 0 Å². The number of nitrogens with one attached hydrogen (secondary N) is 1. The van der Waals surface area contributed by atoms with Crippen molar-refractivity contribution in [1.82, 2.24) is 10.3 Å². The van der Waals surface area contributed by atoms with E-state index in [1.807, 2.05) is 42.5 Å². The van der Waals surface area contributed by atoms with Crippen molar-refractivity contribution in [2.24, 2.45) is 0 Å². The highest BCUT2D eigenvalue weighted by molar-refractivity contribution is 7.92. The fourth-order valence-electron chi connectivity index (χ4n) is 3.37. The SMILES string of the molecule is O=C(NCc1cccnc1)c1cccc(S(=O)(=O)N(Cc2ccccc2)c2ccccc2)c1. The maximum atomic E-state index is 13.7. The number of para-hydroxylation sites is 1. The number of benzene rings is 3. The van der Waals surface area contributed by atoms with Gasteiger partial charge in [0.2, 0.25) is 0 Å². The van der Waals surface area contributed by atoms with E-state index in [1.54, 1.807) is 54.9 Å². The molecular formula is C26H23N3O3S. The number of hydrogen-bond acceptors (Lipinski definition) is 4. The van der Waals surface area contributed by atoms with Crippen molar-refractivity contribution in [2.45, 2.75) is 18.0 Å². The zero-order valence-electron chi connectivity index (χ0n) is 17.8. The Morgan fingerprint density at radius 3 is 2.21 bits per heavy atom. The Morgan fingerprint density at radius 2 is 1.52 bits per heavy atom. The maximum Gasteiger partial charge on any atom is 0.264 e. The molecule has 33 heavy (non-hydrogen) atoms. The van der Waals surface area contributed by atoms with Crippen molar-refractivity contribution in [3.63, 3.8) is 0 Å². The Hall–Kier alpha value is -3.97. The van der Waals surface area contributed by atoms with E-state index >= 15 is 0 Å². The second kappa shape index (κ2) is 10.1. The van der Waals surface area contributed by atoms with Gasteiger partial charge in [0.25, 0.3) is 15.9 Å². The van der Waals surface area contributed by atoms with Crippen LogP contribution >= 0.6 is 0 Å². The molecule has 166 valence electrons. The molecule has 0 fully saturated rings. The Morgan fingerprint density at radius 1 is 0.818 bits per heavy atom. The summed E-state index contributed by atoms with van der Waals surface area (Å²) < 4.78 is 28.7. The highest BCUT2D eigenvalue weighted by Crippen LogP contribution is 2.26. The highest BCUT2D eigenvalue weighted by Gasteiger charge is 2.26. The largest absolute Gasteiger partial charge is 0.348 e. The van der Waals surface area contributed by atoms with Gasteiger partial charge in [-0.05, 0) is 47.5 Å². The van der Waals surface area contributed by atoms with Gasteiger partial charge >= 0.3 is 0 Å². The van der Waals surface area contributed by atoms with Crippen LogP contribution in [0, 0.1) is 0 Å².